The average molecular weight is 361 g/mol. The first kappa shape index (κ1) is 19.3. The summed E-state index contributed by atoms with van der Waals surface area (Å²) < 4.78 is 5.38. The van der Waals surface area contributed by atoms with Crippen LogP contribution in [-0.4, -0.2) is 38.2 Å². The maximum absolute atomic E-state index is 5.38. The Morgan fingerprint density at radius 1 is 1.14 bits per heavy atom. The highest BCUT2D eigenvalue weighted by Gasteiger charge is 2.24. The molecule has 1 atom stereocenters. The average Bonchev–Trinajstić information content (AvgIpc) is 3.03. The maximum atomic E-state index is 5.38. The van der Waals surface area contributed by atoms with Crippen molar-refractivity contribution in [1.82, 2.24) is 10.2 Å². The van der Waals surface area contributed by atoms with E-state index in [-0.39, 0.29) is 24.8 Å². The van der Waals surface area contributed by atoms with Crippen molar-refractivity contribution in [1.29, 1.82) is 0 Å². The van der Waals surface area contributed by atoms with Gasteiger partial charge in [0.2, 0.25) is 0 Å². The number of methoxy groups -OCH3 is 1. The van der Waals surface area contributed by atoms with Gasteiger partial charge >= 0.3 is 0 Å². The largest absolute Gasteiger partial charge is 0.497 e. The molecule has 3 rings (SSSR count). The summed E-state index contributed by atoms with van der Waals surface area (Å²) in [5, 5.41) is 5.58. The summed E-state index contributed by atoms with van der Waals surface area (Å²) in [6.45, 7) is 4.29. The van der Waals surface area contributed by atoms with E-state index >= 15 is 0 Å². The Morgan fingerprint density at radius 3 is 2.55 bits per heavy atom. The molecule has 2 heterocycles. The van der Waals surface area contributed by atoms with Gasteiger partial charge in [-0.2, -0.15) is 0 Å². The smallest absolute Gasteiger partial charge is 0.119 e. The van der Waals surface area contributed by atoms with E-state index in [4.69, 9.17) is 4.74 Å². The molecule has 0 amide bonds. The highest BCUT2D eigenvalue weighted by Crippen LogP contribution is 2.33. The predicted octanol–water partition coefficient (Wildman–Crippen LogP) is 3.59. The summed E-state index contributed by atoms with van der Waals surface area (Å²) in [5.74, 6) is 0.930. The zero-order chi connectivity index (χ0) is 13.8. The number of nitrogens with one attached hydrogen (secondary N) is 1. The SMILES string of the molecule is COc1cccc([C@@H](c2cccs2)N2CCNCC2)c1.Cl.Cl. The number of halogens is 2. The fourth-order valence-corrected chi connectivity index (χ4v) is 3.64. The first-order valence-electron chi connectivity index (χ1n) is 7.00. The first-order valence-corrected chi connectivity index (χ1v) is 7.88. The van der Waals surface area contributed by atoms with E-state index in [0.29, 0.717) is 6.04 Å². The highest BCUT2D eigenvalue weighted by atomic mass is 35.5. The van der Waals surface area contributed by atoms with Crippen LogP contribution in [0.25, 0.3) is 0 Å². The quantitative estimate of drug-likeness (QED) is 0.901. The lowest BCUT2D eigenvalue weighted by Gasteiger charge is -2.34. The van der Waals surface area contributed by atoms with Crippen molar-refractivity contribution >= 4 is 36.2 Å². The van der Waals surface area contributed by atoms with Crippen LogP contribution in [0.4, 0.5) is 0 Å². The Bertz CT molecular complexity index is 545. The van der Waals surface area contributed by atoms with Crippen molar-refractivity contribution in [3.05, 3.63) is 52.2 Å². The van der Waals surface area contributed by atoms with Crippen LogP contribution >= 0.6 is 36.2 Å². The van der Waals surface area contributed by atoms with Crippen LogP contribution in [0.2, 0.25) is 0 Å². The minimum absolute atomic E-state index is 0. The molecule has 1 N–H and O–H groups in total. The minimum Gasteiger partial charge on any atom is -0.497 e. The van der Waals surface area contributed by atoms with Crippen LogP contribution in [0.15, 0.2) is 41.8 Å². The van der Waals surface area contributed by atoms with Crippen LogP contribution in [0.1, 0.15) is 16.5 Å². The lowest BCUT2D eigenvalue weighted by atomic mass is 10.0. The molecule has 0 aliphatic carbocycles. The number of nitrogens with zero attached hydrogens (tertiary/aromatic N) is 1. The van der Waals surface area contributed by atoms with Crippen molar-refractivity contribution in [2.45, 2.75) is 6.04 Å². The van der Waals surface area contributed by atoms with Gasteiger partial charge in [-0.15, -0.1) is 36.2 Å². The molecule has 1 aliphatic rings. The van der Waals surface area contributed by atoms with Crippen molar-refractivity contribution in [3.8, 4) is 5.75 Å². The van der Waals surface area contributed by atoms with E-state index < -0.39 is 0 Å². The predicted molar refractivity (Wildman–Crippen MR) is 98.1 cm³/mol. The van der Waals surface area contributed by atoms with E-state index in [9.17, 15) is 0 Å². The van der Waals surface area contributed by atoms with Crippen molar-refractivity contribution in [2.75, 3.05) is 33.3 Å². The summed E-state index contributed by atoms with van der Waals surface area (Å²) in [7, 11) is 1.73. The third kappa shape index (κ3) is 4.37. The number of thiophene rings is 1. The Kier molecular flexibility index (Phi) is 8.21. The second-order valence-electron chi connectivity index (χ2n) is 4.98. The number of rotatable bonds is 4. The van der Waals surface area contributed by atoms with E-state index in [2.05, 4.69) is 45.9 Å². The van der Waals surface area contributed by atoms with E-state index in [1.165, 1.54) is 10.4 Å². The van der Waals surface area contributed by atoms with E-state index in [1.54, 1.807) is 7.11 Å². The van der Waals surface area contributed by atoms with Crippen molar-refractivity contribution < 1.29 is 4.74 Å². The molecule has 1 fully saturated rings. The van der Waals surface area contributed by atoms with Gasteiger partial charge in [0.15, 0.2) is 0 Å². The van der Waals surface area contributed by atoms with Gasteiger partial charge in [-0.3, -0.25) is 4.90 Å². The molecular formula is C16H22Cl2N2OS. The Balaban J connectivity index is 0.00000121. The van der Waals surface area contributed by atoms with Gasteiger partial charge in [0.05, 0.1) is 13.2 Å². The number of ether oxygens (including phenoxy) is 1. The Hall–Kier alpha value is -0.780. The molecule has 0 unspecified atom stereocenters. The van der Waals surface area contributed by atoms with Gasteiger partial charge in [0.25, 0.3) is 0 Å². The Morgan fingerprint density at radius 2 is 1.91 bits per heavy atom. The van der Waals surface area contributed by atoms with Gasteiger partial charge in [0.1, 0.15) is 5.75 Å². The molecule has 1 aromatic heterocycles. The minimum atomic E-state index is 0. The highest BCUT2D eigenvalue weighted by molar-refractivity contribution is 7.10. The van der Waals surface area contributed by atoms with Crippen molar-refractivity contribution in [3.63, 3.8) is 0 Å². The number of hydrogen-bond donors (Lipinski definition) is 1. The monoisotopic (exact) mass is 360 g/mol. The summed E-state index contributed by atoms with van der Waals surface area (Å²) in [6.07, 6.45) is 0. The van der Waals surface area contributed by atoms with Gasteiger partial charge < -0.3 is 10.1 Å². The van der Waals surface area contributed by atoms with Crippen LogP contribution in [0.5, 0.6) is 5.75 Å². The van der Waals surface area contributed by atoms with Crippen LogP contribution < -0.4 is 10.1 Å². The molecular weight excluding hydrogens is 339 g/mol. The molecule has 1 aromatic carbocycles. The van der Waals surface area contributed by atoms with Crippen LogP contribution in [0, 0.1) is 0 Å². The fraction of sp³-hybridized carbons (Fsp3) is 0.375. The molecule has 6 heteroatoms. The molecule has 1 aliphatic heterocycles. The third-order valence-corrected chi connectivity index (χ3v) is 4.66. The van der Waals surface area contributed by atoms with Gasteiger partial charge in [-0.1, -0.05) is 18.2 Å². The van der Waals surface area contributed by atoms with Crippen molar-refractivity contribution in [2.24, 2.45) is 0 Å². The lowest BCUT2D eigenvalue weighted by molar-refractivity contribution is 0.200. The number of piperazine rings is 1. The molecule has 0 bridgehead atoms. The zero-order valence-electron chi connectivity index (χ0n) is 12.5. The molecule has 0 saturated carbocycles. The molecule has 1 saturated heterocycles. The normalized spacial score (nSPS) is 16.2. The van der Waals surface area contributed by atoms with E-state index in [0.717, 1.165) is 31.9 Å². The number of benzene rings is 1. The summed E-state index contributed by atoms with van der Waals surface area (Å²) in [4.78, 5) is 3.96. The molecule has 2 aromatic rings. The van der Waals surface area contributed by atoms with Crippen LogP contribution in [0.3, 0.4) is 0 Å². The molecule has 22 heavy (non-hydrogen) atoms. The topological polar surface area (TPSA) is 24.5 Å². The number of hydrogen-bond acceptors (Lipinski definition) is 4. The van der Waals surface area contributed by atoms with Gasteiger partial charge in [-0.25, -0.2) is 0 Å². The lowest BCUT2D eigenvalue weighted by Crippen LogP contribution is -2.45. The molecule has 122 valence electrons. The third-order valence-electron chi connectivity index (χ3n) is 3.74. The summed E-state index contributed by atoms with van der Waals surface area (Å²) >= 11 is 1.83. The summed E-state index contributed by atoms with van der Waals surface area (Å²) in [6, 6.07) is 13.2. The van der Waals surface area contributed by atoms with E-state index in [1.807, 2.05) is 17.4 Å². The maximum Gasteiger partial charge on any atom is 0.119 e. The molecule has 3 nitrogen and oxygen atoms in total. The van der Waals surface area contributed by atoms with Gasteiger partial charge in [0, 0.05) is 31.1 Å². The van der Waals surface area contributed by atoms with Gasteiger partial charge in [-0.05, 0) is 29.1 Å². The standard InChI is InChI=1S/C16H20N2OS.2ClH/c1-19-14-5-2-4-13(12-14)16(15-6-3-11-20-15)18-9-7-17-8-10-18;;/h2-6,11-12,16-17H,7-10H2,1H3;2*1H/t16-;;/m0../s1. The van der Waals surface area contributed by atoms with Crippen LogP contribution in [-0.2, 0) is 0 Å². The fourth-order valence-electron chi connectivity index (χ4n) is 2.75. The second kappa shape index (κ2) is 9.38. The Labute approximate surface area is 148 Å². The zero-order valence-corrected chi connectivity index (χ0v) is 15.0. The molecule has 0 spiro atoms. The first-order chi connectivity index (χ1) is 9.88. The molecule has 0 radical (unpaired) electrons. The summed E-state index contributed by atoms with van der Waals surface area (Å²) in [5.41, 5.74) is 1.31. The second-order valence-corrected chi connectivity index (χ2v) is 5.96.